The number of hydrogen-bond donors (Lipinski definition) is 1. The van der Waals surface area contributed by atoms with Crippen LogP contribution in [0.5, 0.6) is 0 Å². The summed E-state index contributed by atoms with van der Waals surface area (Å²) in [6.45, 7) is 9.56. The Bertz CT molecular complexity index is 156. The van der Waals surface area contributed by atoms with Gasteiger partial charge >= 0.3 is 0 Å². The summed E-state index contributed by atoms with van der Waals surface area (Å²) in [6.07, 6.45) is 4.17. The Labute approximate surface area is 94.0 Å². The molecule has 3 heteroatoms. The summed E-state index contributed by atoms with van der Waals surface area (Å²) in [6, 6.07) is 0. The van der Waals surface area contributed by atoms with Crippen LogP contribution in [-0.4, -0.2) is 43.8 Å². The van der Waals surface area contributed by atoms with Gasteiger partial charge in [0.05, 0.1) is 6.10 Å². The zero-order valence-corrected chi connectivity index (χ0v) is 10.2. The number of nitrogens with zero attached hydrogens (tertiary/aromatic N) is 1. The zero-order chi connectivity index (χ0) is 11.1. The Morgan fingerprint density at radius 1 is 1.40 bits per heavy atom. The van der Waals surface area contributed by atoms with Crippen LogP contribution in [0.4, 0.5) is 0 Å². The third-order valence-electron chi connectivity index (χ3n) is 2.86. The summed E-state index contributed by atoms with van der Waals surface area (Å²) >= 11 is 0. The maximum absolute atomic E-state index is 5.63. The van der Waals surface area contributed by atoms with Crippen molar-refractivity contribution in [3.8, 4) is 0 Å². The Balaban J connectivity index is 2.17. The molecule has 1 atom stereocenters. The minimum Gasteiger partial charge on any atom is -0.378 e. The van der Waals surface area contributed by atoms with Crippen LogP contribution in [0.15, 0.2) is 0 Å². The first kappa shape index (κ1) is 12.9. The molecule has 1 aliphatic rings. The molecule has 0 aromatic carbocycles. The summed E-state index contributed by atoms with van der Waals surface area (Å²) in [5, 5.41) is 0. The number of hydrogen-bond acceptors (Lipinski definition) is 3. The van der Waals surface area contributed by atoms with Crippen LogP contribution in [0.2, 0.25) is 0 Å². The molecule has 0 amide bonds. The molecule has 90 valence electrons. The van der Waals surface area contributed by atoms with Gasteiger partial charge in [0.25, 0.3) is 0 Å². The van der Waals surface area contributed by atoms with Gasteiger partial charge in [0, 0.05) is 32.8 Å². The molecule has 1 aliphatic heterocycles. The normalized spacial score (nSPS) is 21.8. The highest BCUT2D eigenvalue weighted by Crippen LogP contribution is 2.15. The number of rotatable bonds is 7. The molecule has 1 heterocycles. The molecule has 1 rings (SSSR count). The van der Waals surface area contributed by atoms with E-state index in [0.29, 0.717) is 6.10 Å². The van der Waals surface area contributed by atoms with E-state index >= 15 is 0 Å². The van der Waals surface area contributed by atoms with Crippen molar-refractivity contribution in [2.75, 3.05) is 32.8 Å². The Kier molecular flexibility index (Phi) is 6.22. The fourth-order valence-corrected chi connectivity index (χ4v) is 2.19. The molecule has 0 spiro atoms. The molecule has 2 N–H and O–H groups in total. The van der Waals surface area contributed by atoms with Crippen molar-refractivity contribution in [1.82, 2.24) is 4.90 Å². The topological polar surface area (TPSA) is 38.5 Å². The van der Waals surface area contributed by atoms with E-state index in [1.807, 2.05) is 0 Å². The third kappa shape index (κ3) is 5.50. The molecular weight excluding hydrogens is 188 g/mol. The highest BCUT2D eigenvalue weighted by Gasteiger charge is 2.16. The van der Waals surface area contributed by atoms with E-state index in [1.54, 1.807) is 0 Å². The fraction of sp³-hybridized carbons (Fsp3) is 1.00. The van der Waals surface area contributed by atoms with Crippen molar-refractivity contribution in [3.05, 3.63) is 0 Å². The van der Waals surface area contributed by atoms with Crippen molar-refractivity contribution in [1.29, 1.82) is 0 Å². The summed E-state index contributed by atoms with van der Waals surface area (Å²) in [4.78, 5) is 2.46. The van der Waals surface area contributed by atoms with Crippen LogP contribution in [0.3, 0.4) is 0 Å². The highest BCUT2D eigenvalue weighted by atomic mass is 16.5. The van der Waals surface area contributed by atoms with Gasteiger partial charge in [0.15, 0.2) is 0 Å². The third-order valence-corrected chi connectivity index (χ3v) is 2.86. The molecular formula is C12H26N2O. The molecule has 0 saturated carbocycles. The van der Waals surface area contributed by atoms with Crippen molar-refractivity contribution in [2.45, 2.75) is 39.2 Å². The largest absolute Gasteiger partial charge is 0.378 e. The molecule has 1 fully saturated rings. The lowest BCUT2D eigenvalue weighted by Gasteiger charge is -2.24. The minimum absolute atomic E-state index is 0.512. The van der Waals surface area contributed by atoms with Crippen molar-refractivity contribution < 1.29 is 4.74 Å². The average Bonchev–Trinajstić information content (AvgIpc) is 2.66. The van der Waals surface area contributed by atoms with Crippen molar-refractivity contribution >= 4 is 0 Å². The van der Waals surface area contributed by atoms with E-state index in [2.05, 4.69) is 18.7 Å². The van der Waals surface area contributed by atoms with Gasteiger partial charge in [-0.3, -0.25) is 0 Å². The Hall–Kier alpha value is -0.120. The highest BCUT2D eigenvalue weighted by molar-refractivity contribution is 4.69. The first-order chi connectivity index (χ1) is 7.22. The first-order valence-corrected chi connectivity index (χ1v) is 6.26. The predicted octanol–water partition coefficient (Wildman–Crippen LogP) is 1.47. The SMILES string of the molecule is CC(C)CN(CCN)CCC1CCCO1. The molecule has 0 radical (unpaired) electrons. The molecule has 0 aromatic heterocycles. The first-order valence-electron chi connectivity index (χ1n) is 6.26. The van der Waals surface area contributed by atoms with Gasteiger partial charge in [0.1, 0.15) is 0 Å². The van der Waals surface area contributed by atoms with Gasteiger partial charge in [-0.25, -0.2) is 0 Å². The minimum atomic E-state index is 0.512. The van der Waals surface area contributed by atoms with Crippen molar-refractivity contribution in [3.63, 3.8) is 0 Å². The molecule has 15 heavy (non-hydrogen) atoms. The van der Waals surface area contributed by atoms with Gasteiger partial charge in [-0.05, 0) is 25.2 Å². The summed E-state index contributed by atoms with van der Waals surface area (Å²) in [7, 11) is 0. The summed E-state index contributed by atoms with van der Waals surface area (Å²) in [5.74, 6) is 0.723. The second-order valence-corrected chi connectivity index (χ2v) is 4.91. The molecule has 0 aromatic rings. The second-order valence-electron chi connectivity index (χ2n) is 4.91. The van der Waals surface area contributed by atoms with E-state index in [0.717, 1.165) is 38.7 Å². The van der Waals surface area contributed by atoms with E-state index in [1.165, 1.54) is 19.3 Å². The fourth-order valence-electron chi connectivity index (χ4n) is 2.19. The second kappa shape index (κ2) is 7.20. The van der Waals surface area contributed by atoms with Crippen LogP contribution in [0.1, 0.15) is 33.1 Å². The number of nitrogens with two attached hydrogens (primary N) is 1. The number of ether oxygens (including phenoxy) is 1. The molecule has 3 nitrogen and oxygen atoms in total. The summed E-state index contributed by atoms with van der Waals surface area (Å²) in [5.41, 5.74) is 5.62. The molecule has 1 saturated heterocycles. The van der Waals surface area contributed by atoms with E-state index in [9.17, 15) is 0 Å². The zero-order valence-electron chi connectivity index (χ0n) is 10.2. The predicted molar refractivity (Wildman–Crippen MR) is 63.9 cm³/mol. The molecule has 0 aliphatic carbocycles. The van der Waals surface area contributed by atoms with Crippen LogP contribution in [0, 0.1) is 5.92 Å². The molecule has 1 unspecified atom stereocenters. The monoisotopic (exact) mass is 214 g/mol. The maximum atomic E-state index is 5.63. The van der Waals surface area contributed by atoms with Crippen molar-refractivity contribution in [2.24, 2.45) is 11.7 Å². The lowest BCUT2D eigenvalue weighted by molar-refractivity contribution is 0.0906. The van der Waals surface area contributed by atoms with Gasteiger partial charge in [0.2, 0.25) is 0 Å². The lowest BCUT2D eigenvalue weighted by Crippen LogP contribution is -2.34. The van der Waals surface area contributed by atoms with Gasteiger partial charge in [-0.2, -0.15) is 0 Å². The maximum Gasteiger partial charge on any atom is 0.0588 e. The standard InChI is InChI=1S/C12H26N2O/c1-11(2)10-14(8-6-13)7-5-12-4-3-9-15-12/h11-12H,3-10,13H2,1-2H3. The van der Waals surface area contributed by atoms with Gasteiger partial charge in [-0.15, -0.1) is 0 Å². The lowest BCUT2D eigenvalue weighted by atomic mass is 10.1. The Morgan fingerprint density at radius 3 is 2.73 bits per heavy atom. The van der Waals surface area contributed by atoms with Crippen LogP contribution < -0.4 is 5.73 Å². The average molecular weight is 214 g/mol. The van der Waals surface area contributed by atoms with E-state index < -0.39 is 0 Å². The van der Waals surface area contributed by atoms with Gasteiger partial charge in [-0.1, -0.05) is 13.8 Å². The Morgan fingerprint density at radius 2 is 2.20 bits per heavy atom. The van der Waals surface area contributed by atoms with E-state index in [4.69, 9.17) is 10.5 Å². The van der Waals surface area contributed by atoms with Gasteiger partial charge < -0.3 is 15.4 Å². The van der Waals surface area contributed by atoms with Crippen LogP contribution >= 0.6 is 0 Å². The van der Waals surface area contributed by atoms with Crippen LogP contribution in [0.25, 0.3) is 0 Å². The quantitative estimate of drug-likeness (QED) is 0.697. The molecule has 0 bridgehead atoms. The van der Waals surface area contributed by atoms with E-state index in [-0.39, 0.29) is 0 Å². The summed E-state index contributed by atoms with van der Waals surface area (Å²) < 4.78 is 5.63. The smallest absolute Gasteiger partial charge is 0.0588 e. The van der Waals surface area contributed by atoms with Crippen LogP contribution in [-0.2, 0) is 4.74 Å².